The molecule has 0 radical (unpaired) electrons. The van der Waals surface area contributed by atoms with Crippen LogP contribution in [0.5, 0.6) is 5.75 Å². The van der Waals surface area contributed by atoms with E-state index < -0.39 is 16.1 Å². The third kappa shape index (κ3) is 2.69. The maximum absolute atomic E-state index is 12.7. The van der Waals surface area contributed by atoms with E-state index in [4.69, 9.17) is 4.74 Å². The number of ether oxygens (including phenoxy) is 1. The molecule has 1 aromatic rings. The molecule has 1 fully saturated rings. The molecule has 120 valence electrons. The Kier molecular flexibility index (Phi) is 3.84. The molecule has 1 saturated heterocycles. The fourth-order valence-electron chi connectivity index (χ4n) is 2.69. The van der Waals surface area contributed by atoms with Gasteiger partial charge in [0.2, 0.25) is 10.0 Å². The molecule has 2 heterocycles. The van der Waals surface area contributed by atoms with Crippen molar-refractivity contribution >= 4 is 21.6 Å². The molecule has 1 aromatic carbocycles. The molecule has 0 spiro atoms. The number of carbonyl (C=O) groups is 1. The lowest BCUT2D eigenvalue weighted by molar-refractivity contribution is -0.118. The summed E-state index contributed by atoms with van der Waals surface area (Å²) in [5, 5.41) is 12.3. The van der Waals surface area contributed by atoms with Crippen LogP contribution in [-0.4, -0.2) is 49.5 Å². The molecule has 2 N–H and O–H groups in total. The summed E-state index contributed by atoms with van der Waals surface area (Å²) in [6.07, 6.45) is -0.0479. The first-order valence-corrected chi connectivity index (χ1v) is 8.57. The molecule has 2 atom stereocenters. The second-order valence-electron chi connectivity index (χ2n) is 5.69. The number of nitrogens with one attached hydrogen (secondary N) is 1. The lowest BCUT2D eigenvalue weighted by atomic mass is 9.99. The Hall–Kier alpha value is -1.64. The van der Waals surface area contributed by atoms with E-state index in [0.29, 0.717) is 17.9 Å². The molecule has 22 heavy (non-hydrogen) atoms. The van der Waals surface area contributed by atoms with Crippen LogP contribution >= 0.6 is 0 Å². The minimum atomic E-state index is -3.65. The summed E-state index contributed by atoms with van der Waals surface area (Å²) in [6, 6.07) is 4.43. The molecule has 3 rings (SSSR count). The van der Waals surface area contributed by atoms with Gasteiger partial charge in [-0.1, -0.05) is 6.92 Å². The number of hydrogen-bond donors (Lipinski definition) is 2. The van der Waals surface area contributed by atoms with Crippen LogP contribution in [0.25, 0.3) is 0 Å². The second kappa shape index (κ2) is 5.53. The van der Waals surface area contributed by atoms with Gasteiger partial charge in [-0.25, -0.2) is 8.42 Å². The van der Waals surface area contributed by atoms with Crippen molar-refractivity contribution in [3.63, 3.8) is 0 Å². The molecule has 0 aromatic heterocycles. The maximum atomic E-state index is 12.7. The molecule has 7 nitrogen and oxygen atoms in total. The number of nitrogens with zero attached hydrogens (tertiary/aromatic N) is 1. The van der Waals surface area contributed by atoms with Gasteiger partial charge in [-0.2, -0.15) is 4.31 Å². The molecule has 0 aliphatic carbocycles. The summed E-state index contributed by atoms with van der Waals surface area (Å²) in [4.78, 5) is 11.5. The summed E-state index contributed by atoms with van der Waals surface area (Å²) in [5.74, 6) is 0.0435. The highest BCUT2D eigenvalue weighted by atomic mass is 32.2. The molecule has 2 aliphatic heterocycles. The van der Waals surface area contributed by atoms with Gasteiger partial charge >= 0.3 is 0 Å². The lowest BCUT2D eigenvalue weighted by Crippen LogP contribution is -2.44. The van der Waals surface area contributed by atoms with Crippen LogP contribution in [0.2, 0.25) is 0 Å². The highest BCUT2D eigenvalue weighted by Crippen LogP contribution is 2.32. The molecular weight excluding hydrogens is 308 g/mol. The van der Waals surface area contributed by atoms with Crippen molar-refractivity contribution in [1.29, 1.82) is 0 Å². The van der Waals surface area contributed by atoms with Crippen LogP contribution in [0.15, 0.2) is 23.1 Å². The summed E-state index contributed by atoms with van der Waals surface area (Å²) in [7, 11) is -3.65. The van der Waals surface area contributed by atoms with Crippen molar-refractivity contribution in [3.8, 4) is 5.75 Å². The van der Waals surface area contributed by atoms with Crippen LogP contribution in [0, 0.1) is 5.92 Å². The zero-order valence-electron chi connectivity index (χ0n) is 12.2. The number of sulfonamides is 1. The van der Waals surface area contributed by atoms with E-state index in [1.54, 1.807) is 6.07 Å². The molecule has 0 bridgehead atoms. The number of anilines is 1. The highest BCUT2D eigenvalue weighted by molar-refractivity contribution is 7.89. The number of carbonyl (C=O) groups excluding carboxylic acids is 1. The number of fused-ring (bicyclic) bond motifs is 1. The van der Waals surface area contributed by atoms with Gasteiger partial charge in [0.1, 0.15) is 5.75 Å². The van der Waals surface area contributed by atoms with Crippen LogP contribution < -0.4 is 10.1 Å². The van der Waals surface area contributed by atoms with Gasteiger partial charge in [-0.05, 0) is 30.5 Å². The van der Waals surface area contributed by atoms with Gasteiger partial charge in [0, 0.05) is 13.1 Å². The van der Waals surface area contributed by atoms with E-state index >= 15 is 0 Å². The molecule has 0 saturated carbocycles. The predicted octanol–water partition coefficient (Wildman–Crippen LogP) is 0.409. The van der Waals surface area contributed by atoms with Crippen molar-refractivity contribution in [2.75, 3.05) is 25.0 Å². The summed E-state index contributed by atoms with van der Waals surface area (Å²) in [5.41, 5.74) is 0.363. The Morgan fingerprint density at radius 1 is 1.41 bits per heavy atom. The smallest absolute Gasteiger partial charge is 0.262 e. The average molecular weight is 326 g/mol. The molecule has 8 heteroatoms. The number of benzene rings is 1. The summed E-state index contributed by atoms with van der Waals surface area (Å²) < 4.78 is 32.0. The molecule has 1 amide bonds. The Bertz CT molecular complexity index is 703. The molecule has 0 unspecified atom stereocenters. The SMILES string of the molecule is C[C@@H]1CN(S(=O)(=O)c2ccc3c(c2)NC(=O)CO3)CC[C@H]1O. The maximum Gasteiger partial charge on any atom is 0.262 e. The summed E-state index contributed by atoms with van der Waals surface area (Å²) in [6.45, 7) is 2.32. The number of hydrogen-bond acceptors (Lipinski definition) is 5. The van der Waals surface area contributed by atoms with Crippen LogP contribution in [0.4, 0.5) is 5.69 Å². The molecule has 2 aliphatic rings. The Morgan fingerprint density at radius 3 is 2.91 bits per heavy atom. The zero-order valence-corrected chi connectivity index (χ0v) is 13.0. The number of rotatable bonds is 2. The van der Waals surface area contributed by atoms with Crippen LogP contribution in [0.1, 0.15) is 13.3 Å². The van der Waals surface area contributed by atoms with Gasteiger partial charge < -0.3 is 15.2 Å². The van der Waals surface area contributed by atoms with E-state index in [2.05, 4.69) is 5.32 Å². The highest BCUT2D eigenvalue weighted by Gasteiger charge is 2.33. The van der Waals surface area contributed by atoms with Crippen molar-refractivity contribution in [2.24, 2.45) is 5.92 Å². The second-order valence-corrected chi connectivity index (χ2v) is 7.63. The predicted molar refractivity (Wildman–Crippen MR) is 79.1 cm³/mol. The Labute approximate surface area is 128 Å². The monoisotopic (exact) mass is 326 g/mol. The van der Waals surface area contributed by atoms with Gasteiger partial charge in [-0.3, -0.25) is 4.79 Å². The van der Waals surface area contributed by atoms with E-state index in [1.165, 1.54) is 16.4 Å². The normalized spacial score (nSPS) is 26.0. The lowest BCUT2D eigenvalue weighted by Gasteiger charge is -2.33. The first-order valence-electron chi connectivity index (χ1n) is 7.13. The fraction of sp³-hybridized carbons (Fsp3) is 0.500. The minimum absolute atomic E-state index is 0.0688. The number of aliphatic hydroxyl groups excluding tert-OH is 1. The van der Waals surface area contributed by atoms with Gasteiger partial charge in [0.05, 0.1) is 16.7 Å². The standard InChI is InChI=1S/C14H18N2O5S/c1-9-7-16(5-4-12(9)17)22(19,20)10-2-3-13-11(6-10)15-14(18)8-21-13/h2-3,6,9,12,17H,4-5,7-8H2,1H3,(H,15,18)/t9-,12-/m1/s1. The number of piperidine rings is 1. The average Bonchev–Trinajstić information content (AvgIpc) is 2.49. The zero-order chi connectivity index (χ0) is 15.9. The number of aliphatic hydroxyl groups is 1. The quantitative estimate of drug-likeness (QED) is 0.820. The van der Waals surface area contributed by atoms with Gasteiger partial charge in [-0.15, -0.1) is 0 Å². The van der Waals surface area contributed by atoms with E-state index in [-0.39, 0.29) is 36.4 Å². The first-order chi connectivity index (χ1) is 10.4. The van der Waals surface area contributed by atoms with Crippen molar-refractivity contribution < 1.29 is 23.1 Å². The topological polar surface area (TPSA) is 95.9 Å². The van der Waals surface area contributed by atoms with Crippen LogP contribution in [0.3, 0.4) is 0 Å². The van der Waals surface area contributed by atoms with E-state index in [1.807, 2.05) is 6.92 Å². The minimum Gasteiger partial charge on any atom is -0.482 e. The van der Waals surface area contributed by atoms with E-state index in [9.17, 15) is 18.3 Å². The van der Waals surface area contributed by atoms with Crippen LogP contribution in [-0.2, 0) is 14.8 Å². The first kappa shape index (κ1) is 15.3. The fourth-order valence-corrected chi connectivity index (χ4v) is 4.27. The van der Waals surface area contributed by atoms with Crippen molar-refractivity contribution in [2.45, 2.75) is 24.3 Å². The Morgan fingerprint density at radius 2 is 2.18 bits per heavy atom. The van der Waals surface area contributed by atoms with E-state index in [0.717, 1.165) is 0 Å². The molecular formula is C14H18N2O5S. The third-order valence-electron chi connectivity index (χ3n) is 4.04. The van der Waals surface area contributed by atoms with Crippen molar-refractivity contribution in [3.05, 3.63) is 18.2 Å². The van der Waals surface area contributed by atoms with Gasteiger partial charge in [0.15, 0.2) is 6.61 Å². The largest absolute Gasteiger partial charge is 0.482 e. The number of amides is 1. The third-order valence-corrected chi connectivity index (χ3v) is 5.91. The summed E-state index contributed by atoms with van der Waals surface area (Å²) >= 11 is 0. The van der Waals surface area contributed by atoms with Gasteiger partial charge in [0.25, 0.3) is 5.91 Å². The Balaban J connectivity index is 1.89. The van der Waals surface area contributed by atoms with Crippen molar-refractivity contribution in [1.82, 2.24) is 4.31 Å².